The fourth-order valence-corrected chi connectivity index (χ4v) is 3.07. The molecule has 1 aliphatic heterocycles. The topological polar surface area (TPSA) is 57.4 Å². The molecule has 0 atom stereocenters. The number of hydrogen-bond acceptors (Lipinski definition) is 2. The first-order chi connectivity index (χ1) is 11.8. The van der Waals surface area contributed by atoms with Crippen LogP contribution in [0.2, 0.25) is 0 Å². The Balaban J connectivity index is 2.03. The summed E-state index contributed by atoms with van der Waals surface area (Å²) in [6, 6.07) is 16.4. The summed E-state index contributed by atoms with van der Waals surface area (Å²) in [4.78, 5) is 15.9. The van der Waals surface area contributed by atoms with Crippen LogP contribution in [-0.2, 0) is 17.9 Å². The number of nitrogens with one attached hydrogen (secondary N) is 2. The molecule has 0 aromatic carbocycles. The fraction of sp³-hybridized carbons (Fsp3) is 0. The van der Waals surface area contributed by atoms with Gasteiger partial charge in [-0.05, 0) is 0 Å². The molecular weight excluding hydrogens is 350 g/mol. The Morgan fingerprint density at radius 2 is 1.38 bits per heavy atom. The molecule has 4 heterocycles. The van der Waals surface area contributed by atoms with Crippen molar-refractivity contribution in [2.24, 2.45) is 0 Å². The van der Waals surface area contributed by atoms with Gasteiger partial charge in [0.1, 0.15) is 0 Å². The van der Waals surface area contributed by atoms with E-state index in [0.717, 1.165) is 57.0 Å². The molecule has 0 saturated carbocycles. The Kier molecular flexibility index (Phi) is 4.01. The Hall–Kier alpha value is -2.65. The predicted molar refractivity (Wildman–Crippen MR) is 95.1 cm³/mol. The Morgan fingerprint density at radius 1 is 0.750 bits per heavy atom. The first-order valence-corrected chi connectivity index (χ1v) is 9.43. The maximum absolute atomic E-state index is 4.58. The van der Waals surface area contributed by atoms with Gasteiger partial charge in [0.15, 0.2) is 0 Å². The van der Waals surface area contributed by atoms with Crippen LogP contribution in [0.5, 0.6) is 0 Å². The molecule has 0 aliphatic carbocycles. The van der Waals surface area contributed by atoms with Gasteiger partial charge in [0.2, 0.25) is 0 Å². The molecule has 4 nitrogen and oxygen atoms in total. The molecule has 24 heavy (non-hydrogen) atoms. The quantitative estimate of drug-likeness (QED) is 0.504. The number of rotatable bonds is 1. The van der Waals surface area contributed by atoms with E-state index in [-0.39, 0.29) is 0 Å². The first-order valence-electron chi connectivity index (χ1n) is 7.71. The molecule has 1 aliphatic rings. The van der Waals surface area contributed by atoms with E-state index in [1.165, 1.54) is 0 Å². The van der Waals surface area contributed by atoms with Crippen molar-refractivity contribution in [3.63, 3.8) is 0 Å². The number of aromatic nitrogens is 4. The van der Waals surface area contributed by atoms with E-state index in [9.17, 15) is 0 Å². The average molecular weight is 364 g/mol. The second-order valence-corrected chi connectivity index (χ2v) is 6.40. The zero-order valence-corrected chi connectivity index (χ0v) is 16.0. The summed E-state index contributed by atoms with van der Waals surface area (Å²) < 4.78 is 2.10. The third-order valence-electron chi connectivity index (χ3n) is 3.74. The van der Waals surface area contributed by atoms with Gasteiger partial charge in [-0.1, -0.05) is 0 Å². The summed E-state index contributed by atoms with van der Waals surface area (Å²) >= 11 is 1.06. The number of fused-ring (bicyclic) bond motifs is 6. The monoisotopic (exact) mass is 362 g/mol. The normalized spacial score (nSPS) is 11.4. The molecular formula is C19H14N4Zn. The molecule has 0 unspecified atom stereocenters. The predicted octanol–water partition coefficient (Wildman–Crippen LogP) is 3.87. The molecule has 0 spiro atoms. The van der Waals surface area contributed by atoms with Crippen molar-refractivity contribution in [3.8, 4) is 0 Å². The van der Waals surface area contributed by atoms with Crippen LogP contribution in [0.25, 0.3) is 34.2 Å². The number of nitrogens with zero attached hydrogens (tertiary/aromatic N) is 2. The molecule has 3 aromatic rings. The summed E-state index contributed by atoms with van der Waals surface area (Å²) in [5.74, 6) is 0. The van der Waals surface area contributed by atoms with Crippen LogP contribution in [0, 0.1) is 0 Å². The van der Waals surface area contributed by atoms with Gasteiger partial charge in [0.25, 0.3) is 0 Å². The van der Waals surface area contributed by atoms with E-state index in [2.05, 4.69) is 60.9 Å². The van der Waals surface area contributed by atoms with Crippen LogP contribution in [-0.4, -0.2) is 24.5 Å². The molecule has 5 heteroatoms. The van der Waals surface area contributed by atoms with E-state index in [4.69, 9.17) is 0 Å². The molecule has 6 bridgehead atoms. The van der Waals surface area contributed by atoms with E-state index in [0.29, 0.717) is 0 Å². The minimum absolute atomic E-state index is 0.907. The van der Waals surface area contributed by atoms with Crippen molar-refractivity contribution in [2.45, 2.75) is 0 Å². The van der Waals surface area contributed by atoms with Gasteiger partial charge in [-0.3, -0.25) is 0 Å². The molecule has 0 saturated heterocycles. The van der Waals surface area contributed by atoms with Crippen LogP contribution >= 0.6 is 0 Å². The zero-order chi connectivity index (χ0) is 16.4. The van der Waals surface area contributed by atoms with Crippen molar-refractivity contribution in [2.75, 3.05) is 0 Å². The summed E-state index contributed by atoms with van der Waals surface area (Å²) in [5.41, 5.74) is 6.97. The van der Waals surface area contributed by atoms with Gasteiger partial charge in [0, 0.05) is 0 Å². The van der Waals surface area contributed by atoms with E-state index >= 15 is 0 Å². The SMILES string of the molecule is [Zn]=[CH]c1cc2ccc(cc3ccc(cc4nc(ccn1)C=C4)[nH]3)[nH]2. The van der Waals surface area contributed by atoms with Gasteiger partial charge in [-0.2, -0.15) is 0 Å². The third-order valence-corrected chi connectivity index (χ3v) is 4.62. The number of hydrogen-bond donors (Lipinski definition) is 2. The second kappa shape index (κ2) is 6.46. The van der Waals surface area contributed by atoms with Gasteiger partial charge >= 0.3 is 148 Å². The Bertz CT molecular complexity index is 1080. The summed E-state index contributed by atoms with van der Waals surface area (Å²) in [5, 5.41) is 0. The van der Waals surface area contributed by atoms with Crippen LogP contribution in [0.15, 0.2) is 54.7 Å². The Morgan fingerprint density at radius 3 is 2.08 bits per heavy atom. The van der Waals surface area contributed by atoms with Crippen LogP contribution in [0.1, 0.15) is 17.1 Å². The summed E-state index contributed by atoms with van der Waals surface area (Å²) in [7, 11) is 0. The van der Waals surface area contributed by atoms with Crippen molar-refractivity contribution in [1.29, 1.82) is 0 Å². The van der Waals surface area contributed by atoms with Crippen molar-refractivity contribution < 1.29 is 17.9 Å². The minimum atomic E-state index is 0.907. The fourth-order valence-electron chi connectivity index (χ4n) is 2.60. The van der Waals surface area contributed by atoms with Crippen LogP contribution in [0.3, 0.4) is 0 Å². The standard InChI is InChI=1S/C19H14N4.Zn/c1-13-10-15-4-5-17(22-15)12-19-7-6-18(23-19)11-16-3-2-14(21-16)8-9-20-13;/h1-12,22-23H;. The van der Waals surface area contributed by atoms with Crippen molar-refractivity contribution >= 4 is 38.8 Å². The molecule has 112 valence electrons. The van der Waals surface area contributed by atoms with E-state index in [1.54, 1.807) is 6.20 Å². The number of H-pyrrole nitrogens is 2. The first kappa shape index (κ1) is 14.9. The summed E-state index contributed by atoms with van der Waals surface area (Å²) in [6.07, 6.45) is 5.81. The molecule has 2 N–H and O–H groups in total. The van der Waals surface area contributed by atoms with Crippen LogP contribution < -0.4 is 0 Å². The summed E-state index contributed by atoms with van der Waals surface area (Å²) in [6.45, 7) is 0. The Labute approximate surface area is 148 Å². The molecule has 3 aromatic heterocycles. The zero-order valence-electron chi connectivity index (χ0n) is 13.0. The van der Waals surface area contributed by atoms with Crippen molar-refractivity contribution in [3.05, 3.63) is 71.8 Å². The molecule has 4 rings (SSSR count). The van der Waals surface area contributed by atoms with E-state index in [1.807, 2.05) is 24.3 Å². The molecule has 0 amide bonds. The number of aromatic amines is 2. The van der Waals surface area contributed by atoms with Gasteiger partial charge in [0.05, 0.1) is 0 Å². The van der Waals surface area contributed by atoms with Crippen LogP contribution in [0.4, 0.5) is 0 Å². The average Bonchev–Trinajstić information content (AvgIpc) is 3.29. The second-order valence-electron chi connectivity index (χ2n) is 5.54. The molecule has 0 fully saturated rings. The van der Waals surface area contributed by atoms with Gasteiger partial charge < -0.3 is 0 Å². The van der Waals surface area contributed by atoms with Gasteiger partial charge in [-0.25, -0.2) is 0 Å². The van der Waals surface area contributed by atoms with E-state index < -0.39 is 0 Å². The third kappa shape index (κ3) is 3.31. The van der Waals surface area contributed by atoms with Crippen molar-refractivity contribution in [1.82, 2.24) is 19.9 Å². The maximum atomic E-state index is 4.58. The molecule has 0 radical (unpaired) electrons. The van der Waals surface area contributed by atoms with Gasteiger partial charge in [-0.15, -0.1) is 0 Å².